The van der Waals surface area contributed by atoms with Gasteiger partial charge in [0, 0.05) is 49.2 Å². The lowest BCUT2D eigenvalue weighted by Crippen LogP contribution is -2.45. The van der Waals surface area contributed by atoms with Crippen LogP contribution in [0.2, 0.25) is 5.02 Å². The molecule has 0 aromatic carbocycles. The maximum Gasteiger partial charge on any atom is 0.328 e. The Labute approximate surface area is 185 Å². The fourth-order valence-corrected chi connectivity index (χ4v) is 4.11. The zero-order valence-corrected chi connectivity index (χ0v) is 17.6. The van der Waals surface area contributed by atoms with E-state index in [4.69, 9.17) is 26.6 Å². The van der Waals surface area contributed by atoms with Gasteiger partial charge in [-0.2, -0.15) is 0 Å². The second-order valence-corrected chi connectivity index (χ2v) is 7.85. The summed E-state index contributed by atoms with van der Waals surface area (Å²) >= 11 is 5.88. The maximum atomic E-state index is 9.55. The van der Waals surface area contributed by atoms with Crippen molar-refractivity contribution < 1.29 is 24.5 Å². The summed E-state index contributed by atoms with van der Waals surface area (Å²) in [5, 5.41) is 16.3. The lowest BCUT2D eigenvalue weighted by Gasteiger charge is -2.38. The molecule has 2 aromatic rings. The van der Waals surface area contributed by atoms with E-state index in [0.29, 0.717) is 35.1 Å². The van der Waals surface area contributed by atoms with Crippen molar-refractivity contribution in [1.82, 2.24) is 14.9 Å². The number of hydrogen-bond donors (Lipinski definition) is 2. The van der Waals surface area contributed by atoms with Crippen molar-refractivity contribution >= 4 is 23.5 Å². The highest BCUT2D eigenvalue weighted by molar-refractivity contribution is 6.30. The third-order valence-electron chi connectivity index (χ3n) is 5.27. The number of rotatable bonds is 6. The first kappa shape index (κ1) is 22.7. The van der Waals surface area contributed by atoms with Gasteiger partial charge in [0.15, 0.2) is 0 Å². The van der Waals surface area contributed by atoms with Gasteiger partial charge in [0.2, 0.25) is 5.88 Å². The quantitative estimate of drug-likeness (QED) is 0.650. The molecular formula is C22H24ClN3O5. The summed E-state index contributed by atoms with van der Waals surface area (Å²) in [6.07, 6.45) is 9.52. The molecule has 0 aliphatic carbocycles. The molecule has 4 heterocycles. The molecule has 2 aliphatic rings. The minimum absolute atomic E-state index is 0.251. The number of ether oxygens (including phenoxy) is 1. The van der Waals surface area contributed by atoms with E-state index in [0.717, 1.165) is 25.1 Å². The number of fused-ring (bicyclic) bond motifs is 2. The average Bonchev–Trinajstić information content (AvgIpc) is 2.97. The van der Waals surface area contributed by atoms with Crippen LogP contribution in [0.5, 0.6) is 5.88 Å². The van der Waals surface area contributed by atoms with Gasteiger partial charge in [-0.1, -0.05) is 17.7 Å². The predicted molar refractivity (Wildman–Crippen MR) is 114 cm³/mol. The Morgan fingerprint density at radius 3 is 2.26 bits per heavy atom. The van der Waals surface area contributed by atoms with Crippen molar-refractivity contribution in [2.45, 2.75) is 50.4 Å². The maximum absolute atomic E-state index is 9.55. The summed E-state index contributed by atoms with van der Waals surface area (Å²) in [7, 11) is 0. The molecular weight excluding hydrogens is 422 g/mol. The van der Waals surface area contributed by atoms with Crippen molar-refractivity contribution in [3.8, 4) is 5.88 Å². The van der Waals surface area contributed by atoms with Gasteiger partial charge in [-0.05, 0) is 43.9 Å². The number of aliphatic carboxylic acids is 2. The standard InChI is InChI=1S/C18H20ClN3O.C4H4O4/c19-13-4-7-18(21-11-13)23-17-9-15-5-6-16(10-17)22(15)12-14-3-1-2-8-20-14;5-3(6)1-2-4(7)8/h1-4,7-8,11,15-17H,5-6,9-10,12H2;1-2H,(H,5,6)(H,7,8). The number of pyridine rings is 2. The van der Waals surface area contributed by atoms with Crippen LogP contribution in [0.1, 0.15) is 31.4 Å². The Morgan fingerprint density at radius 2 is 1.74 bits per heavy atom. The van der Waals surface area contributed by atoms with E-state index < -0.39 is 11.9 Å². The Balaban J connectivity index is 0.000000293. The van der Waals surface area contributed by atoms with Crippen LogP contribution in [0.3, 0.4) is 0 Å². The Hall–Kier alpha value is -2.97. The summed E-state index contributed by atoms with van der Waals surface area (Å²) < 4.78 is 6.08. The van der Waals surface area contributed by atoms with Crippen LogP contribution < -0.4 is 4.74 Å². The number of hydrogen-bond acceptors (Lipinski definition) is 6. The summed E-state index contributed by atoms with van der Waals surface area (Å²) in [5.74, 6) is -1.84. The number of aromatic nitrogens is 2. The largest absolute Gasteiger partial charge is 0.478 e. The van der Waals surface area contributed by atoms with Crippen LogP contribution in [0.4, 0.5) is 0 Å². The fraction of sp³-hybridized carbons (Fsp3) is 0.364. The lowest BCUT2D eigenvalue weighted by molar-refractivity contribution is -0.134. The molecule has 31 heavy (non-hydrogen) atoms. The van der Waals surface area contributed by atoms with E-state index in [9.17, 15) is 9.59 Å². The van der Waals surface area contributed by atoms with Crippen LogP contribution in [0, 0.1) is 0 Å². The highest BCUT2D eigenvalue weighted by Gasteiger charge is 2.41. The predicted octanol–water partition coefficient (Wildman–Crippen LogP) is 3.42. The van der Waals surface area contributed by atoms with E-state index in [-0.39, 0.29) is 6.10 Å². The monoisotopic (exact) mass is 445 g/mol. The molecule has 0 radical (unpaired) electrons. The molecule has 8 nitrogen and oxygen atoms in total. The molecule has 2 N–H and O–H groups in total. The van der Waals surface area contributed by atoms with E-state index in [2.05, 4.69) is 27.0 Å². The van der Waals surface area contributed by atoms with E-state index in [1.165, 1.54) is 12.8 Å². The van der Waals surface area contributed by atoms with Gasteiger partial charge in [-0.3, -0.25) is 9.88 Å². The SMILES string of the molecule is Clc1ccc(OC2CC3CCC(C2)N3Cc2ccccn2)nc1.O=C(O)C=CC(=O)O. The zero-order chi connectivity index (χ0) is 22.2. The molecule has 2 fully saturated rings. The van der Waals surface area contributed by atoms with Crippen LogP contribution in [-0.4, -0.2) is 55.2 Å². The molecule has 4 rings (SSSR count). The van der Waals surface area contributed by atoms with Crippen molar-refractivity contribution in [2.75, 3.05) is 0 Å². The Bertz CT molecular complexity index is 877. The van der Waals surface area contributed by atoms with Crippen LogP contribution >= 0.6 is 11.6 Å². The van der Waals surface area contributed by atoms with Gasteiger partial charge in [-0.15, -0.1) is 0 Å². The van der Waals surface area contributed by atoms with Gasteiger partial charge in [0.25, 0.3) is 0 Å². The fourth-order valence-electron chi connectivity index (χ4n) is 4.00. The first-order valence-electron chi connectivity index (χ1n) is 9.98. The van der Waals surface area contributed by atoms with Crippen molar-refractivity contribution in [2.24, 2.45) is 0 Å². The lowest BCUT2D eigenvalue weighted by atomic mass is 9.99. The van der Waals surface area contributed by atoms with Gasteiger partial charge < -0.3 is 14.9 Å². The Kier molecular flexibility index (Phi) is 7.97. The first-order valence-corrected chi connectivity index (χ1v) is 10.4. The number of carboxylic acid groups (broad SMARTS) is 2. The molecule has 0 saturated carbocycles. The zero-order valence-electron chi connectivity index (χ0n) is 16.8. The van der Waals surface area contributed by atoms with E-state index in [1.54, 1.807) is 6.20 Å². The van der Waals surface area contributed by atoms with E-state index in [1.807, 2.05) is 24.4 Å². The minimum Gasteiger partial charge on any atom is -0.478 e. The molecule has 2 saturated heterocycles. The third-order valence-corrected chi connectivity index (χ3v) is 5.49. The molecule has 0 amide bonds. The summed E-state index contributed by atoms with van der Waals surface area (Å²) in [6.45, 7) is 0.947. The highest BCUT2D eigenvalue weighted by Crippen LogP contribution is 2.37. The minimum atomic E-state index is -1.26. The van der Waals surface area contributed by atoms with Crippen molar-refractivity contribution in [3.05, 3.63) is 65.6 Å². The molecule has 0 spiro atoms. The second kappa shape index (κ2) is 10.9. The van der Waals surface area contributed by atoms with Crippen molar-refractivity contribution in [1.29, 1.82) is 0 Å². The smallest absolute Gasteiger partial charge is 0.328 e. The number of nitrogens with zero attached hydrogens (tertiary/aromatic N) is 3. The molecule has 2 aliphatic heterocycles. The van der Waals surface area contributed by atoms with Gasteiger partial charge in [0.05, 0.1) is 10.7 Å². The van der Waals surface area contributed by atoms with Crippen LogP contribution in [0.15, 0.2) is 54.9 Å². The van der Waals surface area contributed by atoms with Crippen molar-refractivity contribution in [3.63, 3.8) is 0 Å². The molecule has 9 heteroatoms. The average molecular weight is 446 g/mol. The first-order chi connectivity index (χ1) is 14.9. The topological polar surface area (TPSA) is 113 Å². The van der Waals surface area contributed by atoms with Crippen LogP contribution in [-0.2, 0) is 16.1 Å². The normalized spacial score (nSPS) is 22.5. The molecule has 2 atom stereocenters. The number of carboxylic acids is 2. The molecule has 2 unspecified atom stereocenters. The Morgan fingerprint density at radius 1 is 1.06 bits per heavy atom. The second-order valence-electron chi connectivity index (χ2n) is 7.41. The number of carbonyl (C=O) groups is 2. The summed E-state index contributed by atoms with van der Waals surface area (Å²) in [4.78, 5) is 30.4. The van der Waals surface area contributed by atoms with Gasteiger partial charge in [-0.25, -0.2) is 14.6 Å². The summed E-state index contributed by atoms with van der Waals surface area (Å²) in [5.41, 5.74) is 1.16. The molecule has 164 valence electrons. The molecule has 2 aromatic heterocycles. The number of halogens is 1. The van der Waals surface area contributed by atoms with Crippen LogP contribution in [0.25, 0.3) is 0 Å². The van der Waals surface area contributed by atoms with Gasteiger partial charge in [0.1, 0.15) is 6.10 Å². The summed E-state index contributed by atoms with van der Waals surface area (Å²) in [6, 6.07) is 11.0. The van der Waals surface area contributed by atoms with Gasteiger partial charge >= 0.3 is 11.9 Å². The third kappa shape index (κ3) is 7.04. The number of piperidine rings is 1. The highest BCUT2D eigenvalue weighted by atomic mass is 35.5. The van der Waals surface area contributed by atoms with E-state index >= 15 is 0 Å². The molecule has 2 bridgehead atoms.